The summed E-state index contributed by atoms with van der Waals surface area (Å²) in [4.78, 5) is 24.9. The highest BCUT2D eigenvalue weighted by Gasteiger charge is 2.32. The van der Waals surface area contributed by atoms with Gasteiger partial charge in [-0.05, 0) is 46.1 Å². The first-order valence-electron chi connectivity index (χ1n) is 7.84. The lowest BCUT2D eigenvalue weighted by molar-refractivity contribution is -0.137. The van der Waals surface area contributed by atoms with Gasteiger partial charge in [0.15, 0.2) is 11.5 Å². The van der Waals surface area contributed by atoms with E-state index in [4.69, 9.17) is 26.8 Å². The number of thioether (sulfide) groups is 1. The van der Waals surface area contributed by atoms with Gasteiger partial charge >= 0.3 is 5.97 Å². The van der Waals surface area contributed by atoms with Crippen LogP contribution in [0.4, 0.5) is 0 Å². The molecule has 2 rings (SSSR count). The van der Waals surface area contributed by atoms with Gasteiger partial charge in [-0.2, -0.15) is 0 Å². The third-order valence-corrected chi connectivity index (χ3v) is 5.39. The van der Waals surface area contributed by atoms with Crippen LogP contribution >= 0.6 is 39.9 Å². The van der Waals surface area contributed by atoms with Gasteiger partial charge in [-0.1, -0.05) is 30.9 Å². The second kappa shape index (κ2) is 9.38. The summed E-state index contributed by atoms with van der Waals surface area (Å²) in [5, 5.41) is 8.79. The fraction of sp³-hybridized carbons (Fsp3) is 0.353. The largest absolute Gasteiger partial charge is 0.493 e. The standard InChI is InChI=1S/C17H18BrNO5S2/c1-3-6-24-15-11(18)7-10(8-12(15)23-2)9-13-16(22)19(17(25)26-13)5-4-14(20)21/h7-9H,3-6H2,1-2H3,(H,20,21)/b13-9+. The smallest absolute Gasteiger partial charge is 0.305 e. The summed E-state index contributed by atoms with van der Waals surface area (Å²) < 4.78 is 12.2. The second-order valence-electron chi connectivity index (χ2n) is 5.36. The molecular formula is C17H18BrNO5S2. The van der Waals surface area contributed by atoms with Crippen LogP contribution in [-0.4, -0.2) is 46.5 Å². The highest BCUT2D eigenvalue weighted by Crippen LogP contribution is 2.39. The topological polar surface area (TPSA) is 76.1 Å². The van der Waals surface area contributed by atoms with Crippen molar-refractivity contribution in [3.8, 4) is 11.5 Å². The molecule has 0 aromatic heterocycles. The van der Waals surface area contributed by atoms with Gasteiger partial charge in [0.05, 0.1) is 29.5 Å². The number of thiocarbonyl (C=S) groups is 1. The van der Waals surface area contributed by atoms with Crippen molar-refractivity contribution in [3.05, 3.63) is 27.1 Å². The summed E-state index contributed by atoms with van der Waals surface area (Å²) in [6, 6.07) is 3.61. The molecule has 6 nitrogen and oxygen atoms in total. The third kappa shape index (κ3) is 4.99. The fourth-order valence-corrected chi connectivity index (χ4v) is 4.10. The number of hydrogen-bond acceptors (Lipinski definition) is 6. The Morgan fingerprint density at radius 2 is 2.19 bits per heavy atom. The molecule has 1 saturated heterocycles. The molecule has 1 amide bonds. The molecule has 26 heavy (non-hydrogen) atoms. The molecule has 1 heterocycles. The van der Waals surface area contributed by atoms with Crippen LogP contribution in [-0.2, 0) is 9.59 Å². The van der Waals surface area contributed by atoms with Crippen molar-refractivity contribution in [2.24, 2.45) is 0 Å². The van der Waals surface area contributed by atoms with Crippen molar-refractivity contribution in [2.75, 3.05) is 20.3 Å². The molecule has 0 atom stereocenters. The summed E-state index contributed by atoms with van der Waals surface area (Å²) in [6.45, 7) is 2.64. The lowest BCUT2D eigenvalue weighted by Gasteiger charge is -2.13. The van der Waals surface area contributed by atoms with Gasteiger partial charge in [-0.3, -0.25) is 14.5 Å². The van der Waals surface area contributed by atoms with E-state index in [-0.39, 0.29) is 18.9 Å². The lowest BCUT2D eigenvalue weighted by atomic mass is 10.2. The minimum absolute atomic E-state index is 0.0636. The van der Waals surface area contributed by atoms with Crippen molar-refractivity contribution >= 4 is 62.2 Å². The van der Waals surface area contributed by atoms with E-state index in [2.05, 4.69) is 15.9 Å². The molecule has 1 aromatic carbocycles. The van der Waals surface area contributed by atoms with Gasteiger partial charge in [0.1, 0.15) is 4.32 Å². The van der Waals surface area contributed by atoms with Crippen molar-refractivity contribution in [1.82, 2.24) is 4.90 Å². The van der Waals surface area contributed by atoms with Crippen LogP contribution in [0, 0.1) is 0 Å². The normalized spacial score (nSPS) is 15.7. The Morgan fingerprint density at radius 3 is 2.81 bits per heavy atom. The van der Waals surface area contributed by atoms with Crippen LogP contribution in [0.2, 0.25) is 0 Å². The van der Waals surface area contributed by atoms with E-state index in [9.17, 15) is 9.59 Å². The number of carboxylic acids is 1. The van der Waals surface area contributed by atoms with Gasteiger partial charge in [0.25, 0.3) is 5.91 Å². The van der Waals surface area contributed by atoms with Crippen molar-refractivity contribution in [3.63, 3.8) is 0 Å². The zero-order valence-electron chi connectivity index (χ0n) is 14.3. The highest BCUT2D eigenvalue weighted by molar-refractivity contribution is 9.10. The van der Waals surface area contributed by atoms with E-state index in [1.165, 1.54) is 4.90 Å². The van der Waals surface area contributed by atoms with Crippen LogP contribution in [0.1, 0.15) is 25.3 Å². The maximum atomic E-state index is 12.5. The number of carbonyl (C=O) groups is 2. The van der Waals surface area contributed by atoms with Gasteiger partial charge in [0, 0.05) is 6.54 Å². The molecule has 1 N–H and O–H groups in total. The predicted molar refractivity (Wildman–Crippen MR) is 109 cm³/mol. The third-order valence-electron chi connectivity index (χ3n) is 3.42. The first-order chi connectivity index (χ1) is 12.4. The second-order valence-corrected chi connectivity index (χ2v) is 7.89. The number of carbonyl (C=O) groups excluding carboxylic acids is 1. The Kier molecular flexibility index (Phi) is 7.48. The molecule has 0 saturated carbocycles. The minimum Gasteiger partial charge on any atom is -0.493 e. The molecule has 1 aromatic rings. The predicted octanol–water partition coefficient (Wildman–Crippen LogP) is 3.92. The SMILES string of the molecule is CCCOc1c(Br)cc(/C=C2/SC(=S)N(CCC(=O)O)C2=O)cc1OC. The van der Waals surface area contributed by atoms with Crippen LogP contribution in [0.15, 0.2) is 21.5 Å². The number of rotatable bonds is 8. The van der Waals surface area contributed by atoms with E-state index in [0.717, 1.165) is 28.2 Å². The van der Waals surface area contributed by atoms with Gasteiger partial charge in [-0.25, -0.2) is 0 Å². The Bertz CT molecular complexity index is 766. The van der Waals surface area contributed by atoms with E-state index in [1.54, 1.807) is 19.3 Å². The number of nitrogens with zero attached hydrogens (tertiary/aromatic N) is 1. The van der Waals surface area contributed by atoms with Crippen LogP contribution in [0.5, 0.6) is 11.5 Å². The monoisotopic (exact) mass is 459 g/mol. The Morgan fingerprint density at radius 1 is 1.46 bits per heavy atom. The van der Waals surface area contributed by atoms with Crippen LogP contribution < -0.4 is 9.47 Å². The average Bonchev–Trinajstić information content (AvgIpc) is 2.85. The molecule has 9 heteroatoms. The van der Waals surface area contributed by atoms with Gasteiger partial charge in [0.2, 0.25) is 0 Å². The van der Waals surface area contributed by atoms with Crippen molar-refractivity contribution in [1.29, 1.82) is 0 Å². The number of methoxy groups -OCH3 is 1. The number of halogens is 1. The molecule has 1 aliphatic rings. The molecule has 0 spiro atoms. The Balaban J connectivity index is 2.26. The van der Waals surface area contributed by atoms with E-state index >= 15 is 0 Å². The Labute approximate surface area is 169 Å². The fourth-order valence-electron chi connectivity index (χ4n) is 2.22. The van der Waals surface area contributed by atoms with Crippen LogP contribution in [0.25, 0.3) is 6.08 Å². The summed E-state index contributed by atoms with van der Waals surface area (Å²) in [7, 11) is 1.55. The quantitative estimate of drug-likeness (QED) is 0.466. The van der Waals surface area contributed by atoms with Crippen molar-refractivity contribution in [2.45, 2.75) is 19.8 Å². The first kappa shape index (κ1) is 20.7. The zero-order valence-corrected chi connectivity index (χ0v) is 17.5. The molecule has 0 radical (unpaired) electrons. The summed E-state index contributed by atoms with van der Waals surface area (Å²) >= 11 is 9.81. The maximum absolute atomic E-state index is 12.5. The molecule has 1 aliphatic heterocycles. The molecular weight excluding hydrogens is 442 g/mol. The summed E-state index contributed by atoms with van der Waals surface area (Å²) in [6.07, 6.45) is 2.43. The van der Waals surface area contributed by atoms with E-state index in [1.807, 2.05) is 13.0 Å². The molecule has 140 valence electrons. The lowest BCUT2D eigenvalue weighted by Crippen LogP contribution is -2.30. The minimum atomic E-state index is -0.973. The number of amides is 1. The highest BCUT2D eigenvalue weighted by atomic mass is 79.9. The zero-order chi connectivity index (χ0) is 19.3. The maximum Gasteiger partial charge on any atom is 0.305 e. The number of ether oxygens (including phenoxy) is 2. The summed E-state index contributed by atoms with van der Waals surface area (Å²) in [5.74, 6) is -0.0945. The van der Waals surface area contributed by atoms with Crippen LogP contribution in [0.3, 0.4) is 0 Å². The molecule has 1 fully saturated rings. The number of benzene rings is 1. The Hall–Kier alpha value is -1.58. The summed E-state index contributed by atoms with van der Waals surface area (Å²) in [5.41, 5.74) is 0.747. The number of aliphatic carboxylic acids is 1. The molecule has 0 unspecified atom stereocenters. The van der Waals surface area contributed by atoms with E-state index < -0.39 is 5.97 Å². The number of carboxylic acid groups (broad SMARTS) is 1. The van der Waals surface area contributed by atoms with Crippen molar-refractivity contribution < 1.29 is 24.2 Å². The van der Waals surface area contributed by atoms with Gasteiger partial charge < -0.3 is 14.6 Å². The molecule has 0 aliphatic carbocycles. The van der Waals surface area contributed by atoms with Gasteiger partial charge in [-0.15, -0.1) is 0 Å². The molecule has 0 bridgehead atoms. The average molecular weight is 460 g/mol. The number of hydrogen-bond donors (Lipinski definition) is 1. The van der Waals surface area contributed by atoms with E-state index in [0.29, 0.717) is 27.3 Å². The first-order valence-corrected chi connectivity index (χ1v) is 9.86.